The van der Waals surface area contributed by atoms with Crippen LogP contribution in [-0.2, 0) is 28.6 Å². The molecule has 0 heterocycles. The van der Waals surface area contributed by atoms with Gasteiger partial charge in [0.25, 0.3) is 0 Å². The van der Waals surface area contributed by atoms with E-state index in [1.54, 1.807) is 0 Å². The van der Waals surface area contributed by atoms with E-state index >= 15 is 0 Å². The molecule has 0 aromatic heterocycles. The fourth-order valence-corrected chi connectivity index (χ4v) is 7.48. The lowest BCUT2D eigenvalue weighted by Gasteiger charge is -2.18. The lowest BCUT2D eigenvalue weighted by molar-refractivity contribution is -0.166. The summed E-state index contributed by atoms with van der Waals surface area (Å²) in [7, 11) is 0. The van der Waals surface area contributed by atoms with Gasteiger partial charge in [-0.05, 0) is 103 Å². The molecule has 0 saturated carbocycles. The number of unbranched alkanes of at least 4 members (excludes halogenated alkanes) is 24. The molecule has 0 aromatic rings. The smallest absolute Gasteiger partial charge is 0.306 e. The number of ether oxygens (including phenoxy) is 3. The second-order valence-electron chi connectivity index (χ2n) is 18.1. The average Bonchev–Trinajstić information content (AvgIpc) is 3.31. The van der Waals surface area contributed by atoms with Crippen LogP contribution >= 0.6 is 0 Å². The van der Waals surface area contributed by atoms with Crippen molar-refractivity contribution in [2.24, 2.45) is 0 Å². The lowest BCUT2D eigenvalue weighted by Crippen LogP contribution is -2.30. The summed E-state index contributed by atoms with van der Waals surface area (Å²) in [5, 5.41) is 0. The van der Waals surface area contributed by atoms with Gasteiger partial charge in [0.15, 0.2) is 6.10 Å². The minimum Gasteiger partial charge on any atom is -0.462 e. The van der Waals surface area contributed by atoms with Crippen LogP contribution in [0.1, 0.15) is 258 Å². The van der Waals surface area contributed by atoms with Crippen molar-refractivity contribution in [2.75, 3.05) is 13.2 Å². The molecule has 6 nitrogen and oxygen atoms in total. The maximum atomic E-state index is 12.8. The third-order valence-electron chi connectivity index (χ3n) is 11.6. The Morgan fingerprint density at radius 3 is 1.03 bits per heavy atom. The van der Waals surface area contributed by atoms with E-state index in [0.29, 0.717) is 19.3 Å². The maximum Gasteiger partial charge on any atom is 0.306 e. The molecular weight excluding hydrogens is 817 g/mol. The molecule has 0 amide bonds. The maximum absolute atomic E-state index is 12.8. The van der Waals surface area contributed by atoms with Crippen LogP contribution < -0.4 is 0 Å². The summed E-state index contributed by atoms with van der Waals surface area (Å²) >= 11 is 0. The molecule has 0 fully saturated rings. The van der Waals surface area contributed by atoms with Crippen molar-refractivity contribution in [2.45, 2.75) is 264 Å². The molecule has 1 atom stereocenters. The summed E-state index contributed by atoms with van der Waals surface area (Å²) in [5.74, 6) is -0.993. The topological polar surface area (TPSA) is 78.9 Å². The van der Waals surface area contributed by atoms with Crippen molar-refractivity contribution in [1.29, 1.82) is 0 Å². The first kappa shape index (κ1) is 62.6. The summed E-state index contributed by atoms with van der Waals surface area (Å²) in [4.78, 5) is 38.0. The van der Waals surface area contributed by atoms with E-state index in [0.717, 1.165) is 103 Å². The molecule has 0 radical (unpaired) electrons. The molecule has 66 heavy (non-hydrogen) atoms. The number of carbonyl (C=O) groups excluding carboxylic acids is 3. The van der Waals surface area contributed by atoms with Gasteiger partial charge in [0.2, 0.25) is 0 Å². The van der Waals surface area contributed by atoms with Crippen molar-refractivity contribution < 1.29 is 28.6 Å². The summed E-state index contributed by atoms with van der Waals surface area (Å²) in [6, 6.07) is 0. The number of carbonyl (C=O) groups is 3. The molecule has 1 unspecified atom stereocenters. The number of rotatable bonds is 49. The highest BCUT2D eigenvalue weighted by molar-refractivity contribution is 5.71. The van der Waals surface area contributed by atoms with Crippen molar-refractivity contribution in [3.05, 3.63) is 85.1 Å². The Morgan fingerprint density at radius 1 is 0.318 bits per heavy atom. The van der Waals surface area contributed by atoms with Gasteiger partial charge >= 0.3 is 17.9 Å². The number of esters is 3. The first-order valence-corrected chi connectivity index (χ1v) is 27.6. The van der Waals surface area contributed by atoms with Gasteiger partial charge in [-0.1, -0.05) is 221 Å². The Hall–Kier alpha value is -3.41. The molecule has 0 aromatic carbocycles. The minimum absolute atomic E-state index is 0.105. The first-order chi connectivity index (χ1) is 32.5. The van der Waals surface area contributed by atoms with Gasteiger partial charge in [-0.25, -0.2) is 0 Å². The highest BCUT2D eigenvalue weighted by Gasteiger charge is 2.19. The molecule has 0 aliphatic carbocycles. The average molecular weight is 919 g/mol. The number of hydrogen-bond acceptors (Lipinski definition) is 6. The molecule has 378 valence electrons. The number of hydrogen-bond donors (Lipinski definition) is 0. The van der Waals surface area contributed by atoms with Gasteiger partial charge in [-0.15, -0.1) is 0 Å². The lowest BCUT2D eigenvalue weighted by atomic mass is 10.1. The van der Waals surface area contributed by atoms with Crippen LogP contribution in [0.4, 0.5) is 0 Å². The molecule has 0 bridgehead atoms. The van der Waals surface area contributed by atoms with Crippen molar-refractivity contribution in [1.82, 2.24) is 0 Å². The van der Waals surface area contributed by atoms with Crippen molar-refractivity contribution in [3.63, 3.8) is 0 Å². The van der Waals surface area contributed by atoms with E-state index in [2.05, 4.69) is 99.8 Å². The fraction of sp³-hybridized carbons (Fsp3) is 0.717. The van der Waals surface area contributed by atoms with E-state index < -0.39 is 6.10 Å². The molecule has 0 spiro atoms. The summed E-state index contributed by atoms with van der Waals surface area (Å²) in [5.41, 5.74) is 0. The molecule has 0 N–H and O–H groups in total. The van der Waals surface area contributed by atoms with Crippen molar-refractivity contribution in [3.8, 4) is 0 Å². The molecule has 0 aliphatic rings. The zero-order valence-electron chi connectivity index (χ0n) is 43.2. The zero-order chi connectivity index (χ0) is 47.9. The third-order valence-corrected chi connectivity index (χ3v) is 11.6. The summed E-state index contributed by atoms with van der Waals surface area (Å²) in [6.07, 6.45) is 70.1. The Kier molecular flexibility index (Phi) is 51.4. The Morgan fingerprint density at radius 2 is 0.621 bits per heavy atom. The van der Waals surface area contributed by atoms with Gasteiger partial charge < -0.3 is 14.2 Å². The van der Waals surface area contributed by atoms with Crippen LogP contribution in [0.3, 0.4) is 0 Å². The van der Waals surface area contributed by atoms with Crippen LogP contribution in [0, 0.1) is 0 Å². The quantitative estimate of drug-likeness (QED) is 0.0262. The SMILES string of the molecule is CC/C=C/C/C=C/C/C=C/C/C=C/CCCCCCCCC(=O)OCC(COC(=O)CC/C=C/C/C=C/CCCCCCCC)OC(=O)CCCCCCC/C=C/CCCCCCCCC. The highest BCUT2D eigenvalue weighted by atomic mass is 16.6. The minimum atomic E-state index is -0.809. The van der Waals surface area contributed by atoms with E-state index in [1.807, 2.05) is 6.08 Å². The van der Waals surface area contributed by atoms with Gasteiger partial charge in [-0.3, -0.25) is 14.4 Å². The standard InChI is InChI=1S/C60H102O6/c1-4-7-10-13-16-19-22-25-27-29-30-31-33-35-38-41-44-47-50-53-59(62)65-56-57(55-64-58(61)52-49-46-43-40-37-34-24-21-18-15-12-9-6-3)66-60(63)54-51-48-45-42-39-36-32-28-26-23-20-17-14-11-8-5-2/h7,10,16,19,25,27-28,30-32,34,37,43,46,57H,4-6,8-9,11-15,17-18,20-24,26,29,33,35-36,38-42,44-45,47-56H2,1-3H3/b10-7+,19-16+,27-25+,31-30+,32-28+,37-34+,46-43+. The highest BCUT2D eigenvalue weighted by Crippen LogP contribution is 2.14. The summed E-state index contributed by atoms with van der Waals surface area (Å²) < 4.78 is 16.8. The third kappa shape index (κ3) is 51.6. The monoisotopic (exact) mass is 919 g/mol. The molecule has 0 aliphatic heterocycles. The molecule has 0 saturated heterocycles. The van der Waals surface area contributed by atoms with Crippen LogP contribution in [0.5, 0.6) is 0 Å². The van der Waals surface area contributed by atoms with Gasteiger partial charge in [0.05, 0.1) is 0 Å². The van der Waals surface area contributed by atoms with E-state index in [1.165, 1.54) is 109 Å². The van der Waals surface area contributed by atoms with E-state index in [4.69, 9.17) is 14.2 Å². The normalized spacial score (nSPS) is 12.7. The number of allylic oxidation sites excluding steroid dienone is 14. The predicted octanol–water partition coefficient (Wildman–Crippen LogP) is 18.4. The van der Waals surface area contributed by atoms with Crippen LogP contribution in [0.25, 0.3) is 0 Å². The predicted molar refractivity (Wildman–Crippen MR) is 284 cm³/mol. The molecule has 6 heteroatoms. The first-order valence-electron chi connectivity index (χ1n) is 27.6. The summed E-state index contributed by atoms with van der Waals surface area (Å²) in [6.45, 7) is 6.45. The Balaban J connectivity index is 4.46. The fourth-order valence-electron chi connectivity index (χ4n) is 7.48. The van der Waals surface area contributed by atoms with Gasteiger partial charge in [0.1, 0.15) is 13.2 Å². The van der Waals surface area contributed by atoms with Crippen molar-refractivity contribution >= 4 is 17.9 Å². The largest absolute Gasteiger partial charge is 0.462 e. The zero-order valence-corrected chi connectivity index (χ0v) is 43.2. The van der Waals surface area contributed by atoms with Crippen LogP contribution in [0.2, 0.25) is 0 Å². The Labute approximate surface area is 407 Å². The van der Waals surface area contributed by atoms with Crippen LogP contribution in [0.15, 0.2) is 85.1 Å². The van der Waals surface area contributed by atoms with Crippen LogP contribution in [-0.4, -0.2) is 37.2 Å². The van der Waals surface area contributed by atoms with Gasteiger partial charge in [0, 0.05) is 19.3 Å². The molecule has 0 rings (SSSR count). The van der Waals surface area contributed by atoms with E-state index in [9.17, 15) is 14.4 Å². The van der Waals surface area contributed by atoms with Gasteiger partial charge in [-0.2, -0.15) is 0 Å². The second kappa shape index (κ2) is 54.2. The Bertz CT molecular complexity index is 1290. The van der Waals surface area contributed by atoms with E-state index in [-0.39, 0.29) is 37.5 Å². The molecular formula is C60H102O6. The second-order valence-corrected chi connectivity index (χ2v) is 18.1.